The molecule has 0 saturated carbocycles. The van der Waals surface area contributed by atoms with Crippen LogP contribution in [0.1, 0.15) is 33.1 Å². The number of nitrogens with zero attached hydrogens (tertiary/aromatic N) is 4. The highest BCUT2D eigenvalue weighted by Gasteiger charge is 2.18. The third-order valence-electron chi connectivity index (χ3n) is 7.03. The summed E-state index contributed by atoms with van der Waals surface area (Å²) in [6.45, 7) is 12.1. The summed E-state index contributed by atoms with van der Waals surface area (Å²) in [6.07, 6.45) is 2.40. The van der Waals surface area contributed by atoms with Gasteiger partial charge in [-0.2, -0.15) is 0 Å². The van der Waals surface area contributed by atoms with Crippen LogP contribution in [-0.2, 0) is 23.6 Å². The summed E-state index contributed by atoms with van der Waals surface area (Å²) < 4.78 is 5.79. The van der Waals surface area contributed by atoms with Crippen molar-refractivity contribution in [2.75, 3.05) is 98.2 Å². The van der Waals surface area contributed by atoms with Crippen molar-refractivity contribution >= 4 is 38.7 Å². The average molecular weight is 658 g/mol. The quantitative estimate of drug-likeness (QED) is 0.0701. The molecule has 0 aromatic rings. The first-order chi connectivity index (χ1) is 21.3. The predicted molar refractivity (Wildman–Crippen MR) is 174 cm³/mol. The van der Waals surface area contributed by atoms with Crippen molar-refractivity contribution < 1.29 is 28.4 Å². The van der Waals surface area contributed by atoms with Gasteiger partial charge in [-0.05, 0) is 71.9 Å². The Bertz CT molecular complexity index is 915. The van der Waals surface area contributed by atoms with Crippen molar-refractivity contribution in [1.82, 2.24) is 35.6 Å². The van der Waals surface area contributed by atoms with Gasteiger partial charge < -0.3 is 37.6 Å². The van der Waals surface area contributed by atoms with Crippen LogP contribution in [0, 0.1) is 0 Å². The molecule has 6 amide bonds. The molecule has 1 aliphatic heterocycles. The fraction of sp³-hybridized carbons (Fsp3) is 0.821. The molecule has 1 heterocycles. The van der Waals surface area contributed by atoms with E-state index in [-0.39, 0.29) is 57.3 Å². The molecule has 0 aromatic heterocycles. The SMILES string of the molecule is CC(C)O[Si](C)CCCNC(=O)NCCNC(=O)CN1CCCN(CC(N)=O)CCN(CC(N)=O)CCCN(CC(N)=O)CC1. The van der Waals surface area contributed by atoms with Crippen LogP contribution in [0.2, 0.25) is 12.6 Å². The molecule has 17 heteroatoms. The van der Waals surface area contributed by atoms with Gasteiger partial charge in [-0.15, -0.1) is 0 Å². The monoisotopic (exact) mass is 657 g/mol. The minimum Gasteiger partial charge on any atom is -0.415 e. The van der Waals surface area contributed by atoms with E-state index >= 15 is 0 Å². The van der Waals surface area contributed by atoms with Crippen LogP contribution in [-0.4, -0.2) is 163 Å². The second kappa shape index (κ2) is 23.5. The van der Waals surface area contributed by atoms with E-state index in [2.05, 4.69) is 22.5 Å². The minimum absolute atomic E-state index is 0.0855. The molecule has 1 aliphatic rings. The van der Waals surface area contributed by atoms with Crippen LogP contribution in [0.5, 0.6) is 0 Å². The number of primary amides is 3. The number of carbonyl (C=O) groups is 5. The van der Waals surface area contributed by atoms with Gasteiger partial charge in [0.1, 0.15) is 0 Å². The lowest BCUT2D eigenvalue weighted by Crippen LogP contribution is -2.47. The Labute approximate surface area is 269 Å². The van der Waals surface area contributed by atoms with Gasteiger partial charge in [0, 0.05) is 51.9 Å². The molecule has 1 rings (SSSR count). The van der Waals surface area contributed by atoms with Gasteiger partial charge in [-0.25, -0.2) is 4.79 Å². The first kappa shape index (κ1) is 40.2. The predicted octanol–water partition coefficient (Wildman–Crippen LogP) is -2.70. The number of nitrogens with two attached hydrogens (primary N) is 3. The van der Waals surface area contributed by atoms with Crippen molar-refractivity contribution in [3.05, 3.63) is 0 Å². The van der Waals surface area contributed by atoms with E-state index in [4.69, 9.17) is 21.6 Å². The summed E-state index contributed by atoms with van der Waals surface area (Å²) in [5, 5.41) is 8.43. The fourth-order valence-electron chi connectivity index (χ4n) is 5.04. The maximum Gasteiger partial charge on any atom is 0.314 e. The summed E-state index contributed by atoms with van der Waals surface area (Å²) in [5.74, 6) is -1.50. The maximum absolute atomic E-state index is 12.8. The molecule has 45 heavy (non-hydrogen) atoms. The van der Waals surface area contributed by atoms with Crippen LogP contribution in [0.4, 0.5) is 4.79 Å². The zero-order chi connectivity index (χ0) is 33.6. The molecular weight excluding hydrogens is 600 g/mol. The molecule has 0 atom stereocenters. The standard InChI is InChI=1S/C28H57N10O6Si/c1-23(2)44-45(3)18-4-7-33-28(43)34-9-8-32-27(42)22-38-13-6-12-36(20-25(30)40)15-14-35(19-24(29)39)10-5-11-37(16-17-38)21-26(31)41/h23H,4-22H2,1-3H3,(H2,29,39)(H2,30,40)(H2,31,41)(H,32,42)(H2,33,34,43). The van der Waals surface area contributed by atoms with Gasteiger partial charge in [0.15, 0.2) is 0 Å². The number of urea groups is 1. The Balaban J connectivity index is 2.62. The van der Waals surface area contributed by atoms with Crippen LogP contribution in [0.3, 0.4) is 0 Å². The van der Waals surface area contributed by atoms with Gasteiger partial charge in [-0.3, -0.25) is 38.8 Å². The van der Waals surface area contributed by atoms with Gasteiger partial charge in [-0.1, -0.05) is 0 Å². The Morgan fingerprint density at radius 1 is 0.644 bits per heavy atom. The Morgan fingerprint density at radius 3 is 1.47 bits per heavy atom. The number of amides is 6. The second-order valence-corrected chi connectivity index (χ2v) is 13.9. The summed E-state index contributed by atoms with van der Waals surface area (Å²) in [6, 6.07) is 0.677. The molecule has 0 aromatic carbocycles. The lowest BCUT2D eigenvalue weighted by Gasteiger charge is -2.31. The molecule has 1 saturated heterocycles. The van der Waals surface area contributed by atoms with E-state index in [9.17, 15) is 24.0 Å². The first-order valence-corrected chi connectivity index (χ1v) is 18.0. The average Bonchev–Trinajstić information content (AvgIpc) is 2.92. The maximum atomic E-state index is 12.8. The fourth-order valence-corrected chi connectivity index (χ4v) is 6.64. The van der Waals surface area contributed by atoms with E-state index in [0.29, 0.717) is 71.7 Å². The highest BCUT2D eigenvalue weighted by molar-refractivity contribution is 6.50. The third kappa shape index (κ3) is 22.3. The van der Waals surface area contributed by atoms with E-state index in [1.807, 2.05) is 33.4 Å². The Hall–Kier alpha value is -2.83. The highest BCUT2D eigenvalue weighted by Crippen LogP contribution is 2.04. The molecule has 16 nitrogen and oxygen atoms in total. The molecule has 1 fully saturated rings. The van der Waals surface area contributed by atoms with Crippen LogP contribution in [0.15, 0.2) is 0 Å². The summed E-state index contributed by atoms with van der Waals surface area (Å²) in [5.41, 5.74) is 16.4. The Morgan fingerprint density at radius 2 is 1.04 bits per heavy atom. The normalized spacial score (nSPS) is 17.1. The van der Waals surface area contributed by atoms with E-state index in [1.54, 1.807) is 0 Å². The van der Waals surface area contributed by atoms with Gasteiger partial charge in [0.2, 0.25) is 32.7 Å². The zero-order valence-corrected chi connectivity index (χ0v) is 28.5. The van der Waals surface area contributed by atoms with Crippen LogP contribution >= 0.6 is 0 Å². The minimum atomic E-state index is -0.848. The topological polar surface area (TPSA) is 222 Å². The summed E-state index contributed by atoms with van der Waals surface area (Å²) in [7, 11) is -0.848. The lowest BCUT2D eigenvalue weighted by atomic mass is 10.2. The number of hydrogen-bond acceptors (Lipinski definition) is 10. The number of carbonyl (C=O) groups excluding carboxylic acids is 5. The molecule has 1 radical (unpaired) electrons. The molecule has 259 valence electrons. The highest BCUT2D eigenvalue weighted by atomic mass is 28.3. The van der Waals surface area contributed by atoms with Gasteiger partial charge in [0.25, 0.3) is 0 Å². The summed E-state index contributed by atoms with van der Waals surface area (Å²) >= 11 is 0. The smallest absolute Gasteiger partial charge is 0.314 e. The molecule has 0 aliphatic carbocycles. The largest absolute Gasteiger partial charge is 0.415 e. The third-order valence-corrected chi connectivity index (χ3v) is 8.96. The van der Waals surface area contributed by atoms with E-state index in [0.717, 1.165) is 12.5 Å². The van der Waals surface area contributed by atoms with Crippen molar-refractivity contribution in [2.24, 2.45) is 17.2 Å². The van der Waals surface area contributed by atoms with Crippen molar-refractivity contribution in [1.29, 1.82) is 0 Å². The molecular formula is C28H57N10O6Si. The first-order valence-electron chi connectivity index (χ1n) is 15.9. The van der Waals surface area contributed by atoms with Crippen molar-refractivity contribution in [3.63, 3.8) is 0 Å². The van der Waals surface area contributed by atoms with Gasteiger partial charge >= 0.3 is 6.03 Å². The number of rotatable bonds is 17. The molecule has 0 unspecified atom stereocenters. The van der Waals surface area contributed by atoms with Crippen molar-refractivity contribution in [3.8, 4) is 0 Å². The molecule has 0 spiro atoms. The lowest BCUT2D eigenvalue weighted by molar-refractivity contribution is -0.123. The number of nitrogens with one attached hydrogen (secondary N) is 3. The van der Waals surface area contributed by atoms with Crippen LogP contribution in [0.25, 0.3) is 0 Å². The zero-order valence-electron chi connectivity index (χ0n) is 27.5. The molecule has 9 N–H and O–H groups in total. The second-order valence-electron chi connectivity index (χ2n) is 11.7. The van der Waals surface area contributed by atoms with E-state index in [1.165, 1.54) is 0 Å². The summed E-state index contributed by atoms with van der Waals surface area (Å²) in [4.78, 5) is 67.7. The van der Waals surface area contributed by atoms with Crippen LogP contribution < -0.4 is 33.2 Å². The Kier molecular flexibility index (Phi) is 21.0. The van der Waals surface area contributed by atoms with Gasteiger partial charge in [0.05, 0.1) is 26.2 Å². The van der Waals surface area contributed by atoms with Crippen molar-refractivity contribution in [2.45, 2.75) is 51.8 Å². The number of hydrogen-bond donors (Lipinski definition) is 6. The van der Waals surface area contributed by atoms with E-state index < -0.39 is 26.8 Å². The molecule has 0 bridgehead atoms.